The van der Waals surface area contributed by atoms with E-state index in [9.17, 15) is 13.2 Å². The van der Waals surface area contributed by atoms with Gasteiger partial charge in [0.25, 0.3) is 0 Å². The number of carbonyl (C=O) groups is 1. The molecule has 172 valence electrons. The van der Waals surface area contributed by atoms with Crippen molar-refractivity contribution in [3.8, 4) is 0 Å². The molecule has 0 bridgehead atoms. The molecule has 8 nitrogen and oxygen atoms in total. The Morgan fingerprint density at radius 2 is 1.47 bits per heavy atom. The first-order valence-electron chi connectivity index (χ1n) is 10.8. The Bertz CT molecular complexity index is 1060. The van der Waals surface area contributed by atoms with Crippen molar-refractivity contribution in [1.29, 1.82) is 0 Å². The fourth-order valence-corrected chi connectivity index (χ4v) is 5.68. The lowest BCUT2D eigenvalue weighted by Crippen LogP contribution is -2.51. The molecule has 1 amide bonds. The largest absolute Gasteiger partial charge is 0.444 e. The van der Waals surface area contributed by atoms with Crippen LogP contribution in [-0.2, 0) is 14.9 Å². The molecule has 0 spiro atoms. The highest BCUT2D eigenvalue weighted by molar-refractivity contribution is 7.95. The van der Waals surface area contributed by atoms with Crippen molar-refractivity contribution in [2.45, 2.75) is 26.4 Å². The molecular formula is C23H30N4O4S. The van der Waals surface area contributed by atoms with Gasteiger partial charge in [-0.1, -0.05) is 30.3 Å². The van der Waals surface area contributed by atoms with Gasteiger partial charge >= 0.3 is 16.3 Å². The smallest absolute Gasteiger partial charge is 0.410 e. The second-order valence-corrected chi connectivity index (χ2v) is 10.7. The quantitative estimate of drug-likeness (QED) is 0.702. The van der Waals surface area contributed by atoms with Crippen molar-refractivity contribution < 1.29 is 17.9 Å². The van der Waals surface area contributed by atoms with Crippen LogP contribution in [0.3, 0.4) is 0 Å². The number of benzene rings is 2. The van der Waals surface area contributed by atoms with Gasteiger partial charge in [0.05, 0.1) is 17.1 Å². The first-order valence-corrected chi connectivity index (χ1v) is 12.2. The Kier molecular flexibility index (Phi) is 6.05. The van der Waals surface area contributed by atoms with Gasteiger partial charge in [0.2, 0.25) is 0 Å². The lowest BCUT2D eigenvalue weighted by atomic mass is 10.2. The normalized spacial score (nSPS) is 18.5. The molecule has 0 atom stereocenters. The number of piperazine rings is 1. The van der Waals surface area contributed by atoms with Crippen LogP contribution in [0.2, 0.25) is 0 Å². The third kappa shape index (κ3) is 4.54. The molecule has 0 aliphatic carbocycles. The van der Waals surface area contributed by atoms with Crippen LogP contribution in [-0.4, -0.2) is 69.2 Å². The number of para-hydroxylation sites is 3. The van der Waals surface area contributed by atoms with Crippen LogP contribution in [0.25, 0.3) is 0 Å². The third-order valence-electron chi connectivity index (χ3n) is 5.51. The molecule has 2 aromatic rings. The molecule has 0 unspecified atom stereocenters. The molecule has 9 heteroatoms. The Morgan fingerprint density at radius 1 is 0.875 bits per heavy atom. The van der Waals surface area contributed by atoms with E-state index in [4.69, 9.17) is 4.74 Å². The van der Waals surface area contributed by atoms with Crippen molar-refractivity contribution in [2.75, 3.05) is 47.9 Å². The van der Waals surface area contributed by atoms with Crippen LogP contribution in [0.15, 0.2) is 54.6 Å². The second kappa shape index (κ2) is 8.63. The maximum atomic E-state index is 13.5. The molecular weight excluding hydrogens is 428 g/mol. The first kappa shape index (κ1) is 22.4. The standard InChI is InChI=1S/C23H30N4O4S/c1-23(2,3)31-22(28)25-16-13-24(14-17-25)15-18-26-20-11-7-8-12-21(20)27(32(26,29)30)19-9-5-4-6-10-19/h4-12H,13-18H2,1-3H3. The van der Waals surface area contributed by atoms with Crippen molar-refractivity contribution in [2.24, 2.45) is 0 Å². The molecule has 0 aromatic heterocycles. The monoisotopic (exact) mass is 458 g/mol. The summed E-state index contributed by atoms with van der Waals surface area (Å²) in [4.78, 5) is 16.2. The Hall–Kier alpha value is -2.78. The number of hydrogen-bond acceptors (Lipinski definition) is 5. The van der Waals surface area contributed by atoms with E-state index in [-0.39, 0.29) is 6.09 Å². The summed E-state index contributed by atoms with van der Waals surface area (Å²) < 4.78 is 35.3. The van der Waals surface area contributed by atoms with Gasteiger partial charge in [0.15, 0.2) is 0 Å². The highest BCUT2D eigenvalue weighted by atomic mass is 32.2. The van der Waals surface area contributed by atoms with Crippen molar-refractivity contribution >= 4 is 33.4 Å². The summed E-state index contributed by atoms with van der Waals surface area (Å²) in [5.41, 5.74) is 1.45. The summed E-state index contributed by atoms with van der Waals surface area (Å²) >= 11 is 0. The van der Waals surface area contributed by atoms with Crippen LogP contribution in [0, 0.1) is 0 Å². The summed E-state index contributed by atoms with van der Waals surface area (Å²) in [5.74, 6) is 0. The Balaban J connectivity index is 1.43. The van der Waals surface area contributed by atoms with Gasteiger partial charge < -0.3 is 9.64 Å². The van der Waals surface area contributed by atoms with Gasteiger partial charge in [0, 0.05) is 39.3 Å². The van der Waals surface area contributed by atoms with Crippen molar-refractivity contribution in [3.63, 3.8) is 0 Å². The molecule has 0 radical (unpaired) electrons. The number of rotatable bonds is 4. The number of carbonyl (C=O) groups excluding carboxylic acids is 1. The fraction of sp³-hybridized carbons (Fsp3) is 0.435. The van der Waals surface area contributed by atoms with E-state index in [0.717, 1.165) is 0 Å². The maximum absolute atomic E-state index is 13.5. The van der Waals surface area contributed by atoms with E-state index in [1.54, 1.807) is 17.0 Å². The molecule has 1 fully saturated rings. The van der Waals surface area contributed by atoms with Crippen LogP contribution >= 0.6 is 0 Å². The highest BCUT2D eigenvalue weighted by Gasteiger charge is 2.41. The van der Waals surface area contributed by atoms with Gasteiger partial charge in [-0.25, -0.2) is 13.4 Å². The third-order valence-corrected chi connectivity index (χ3v) is 7.32. The molecule has 2 aliphatic rings. The van der Waals surface area contributed by atoms with Crippen LogP contribution in [0.5, 0.6) is 0 Å². The summed E-state index contributed by atoms with van der Waals surface area (Å²) in [5, 5.41) is 0. The molecule has 1 saturated heterocycles. The van der Waals surface area contributed by atoms with Crippen LogP contribution < -0.4 is 8.61 Å². The zero-order valence-electron chi connectivity index (χ0n) is 18.8. The van der Waals surface area contributed by atoms with Gasteiger partial charge in [-0.05, 0) is 45.0 Å². The molecule has 2 heterocycles. The number of amides is 1. The number of fused-ring (bicyclic) bond motifs is 1. The lowest BCUT2D eigenvalue weighted by molar-refractivity contribution is 0.0148. The van der Waals surface area contributed by atoms with Crippen LogP contribution in [0.4, 0.5) is 21.9 Å². The number of anilines is 3. The average molecular weight is 459 g/mol. The van der Waals surface area contributed by atoms with Crippen molar-refractivity contribution in [1.82, 2.24) is 9.80 Å². The van der Waals surface area contributed by atoms with Gasteiger partial charge in [-0.15, -0.1) is 0 Å². The van der Waals surface area contributed by atoms with E-state index in [0.29, 0.717) is 56.3 Å². The van der Waals surface area contributed by atoms with Crippen LogP contribution in [0.1, 0.15) is 20.8 Å². The minimum absolute atomic E-state index is 0.299. The summed E-state index contributed by atoms with van der Waals surface area (Å²) in [6.45, 7) is 8.97. The average Bonchev–Trinajstić information content (AvgIpc) is 2.97. The number of nitrogens with zero attached hydrogens (tertiary/aromatic N) is 4. The first-order chi connectivity index (χ1) is 15.2. The predicted molar refractivity (Wildman–Crippen MR) is 126 cm³/mol. The second-order valence-electron chi connectivity index (χ2n) is 8.98. The fourth-order valence-electron chi connectivity index (χ4n) is 3.98. The molecule has 2 aliphatic heterocycles. The van der Waals surface area contributed by atoms with Gasteiger partial charge in [-0.2, -0.15) is 8.42 Å². The van der Waals surface area contributed by atoms with E-state index < -0.39 is 15.8 Å². The summed E-state index contributed by atoms with van der Waals surface area (Å²) in [6, 6.07) is 16.5. The SMILES string of the molecule is CC(C)(C)OC(=O)N1CCN(CCN2c3ccccc3N(c3ccccc3)S2(=O)=O)CC1. The lowest BCUT2D eigenvalue weighted by Gasteiger charge is -2.36. The van der Waals surface area contributed by atoms with Gasteiger partial charge in [0.1, 0.15) is 5.60 Å². The highest BCUT2D eigenvalue weighted by Crippen LogP contribution is 2.44. The van der Waals surface area contributed by atoms with E-state index in [1.165, 1.54) is 8.61 Å². The molecule has 0 saturated carbocycles. The molecule has 2 aromatic carbocycles. The maximum Gasteiger partial charge on any atom is 0.410 e. The summed E-state index contributed by atoms with van der Waals surface area (Å²) in [6.07, 6.45) is -0.299. The molecule has 0 N–H and O–H groups in total. The Labute approximate surface area is 190 Å². The number of hydrogen-bond donors (Lipinski definition) is 0. The summed E-state index contributed by atoms with van der Waals surface area (Å²) in [7, 11) is -3.73. The van der Waals surface area contributed by atoms with E-state index >= 15 is 0 Å². The molecule has 32 heavy (non-hydrogen) atoms. The topological polar surface area (TPSA) is 73.4 Å². The minimum atomic E-state index is -3.73. The predicted octanol–water partition coefficient (Wildman–Crippen LogP) is 3.44. The van der Waals surface area contributed by atoms with E-state index in [2.05, 4.69) is 4.90 Å². The Morgan fingerprint density at radius 3 is 2.09 bits per heavy atom. The van der Waals surface area contributed by atoms with Crippen molar-refractivity contribution in [3.05, 3.63) is 54.6 Å². The molecule has 4 rings (SSSR count). The van der Waals surface area contributed by atoms with E-state index in [1.807, 2.05) is 63.2 Å². The minimum Gasteiger partial charge on any atom is -0.444 e. The van der Waals surface area contributed by atoms with Gasteiger partial charge in [-0.3, -0.25) is 4.90 Å². The zero-order chi connectivity index (χ0) is 22.9. The zero-order valence-corrected chi connectivity index (χ0v) is 19.6. The number of ether oxygens (including phenoxy) is 1.